The average Bonchev–Trinajstić information content (AvgIpc) is 3.03. The van der Waals surface area contributed by atoms with E-state index in [9.17, 15) is 9.59 Å². The Kier molecular flexibility index (Phi) is 3.07. The molecule has 2 rings (SSSR count). The smallest absolute Gasteiger partial charge is 0.307 e. The molecule has 0 spiro atoms. The van der Waals surface area contributed by atoms with Crippen LogP contribution in [0.15, 0.2) is 18.2 Å². The number of carbonyl (C=O) groups excluding carboxylic acids is 1. The third-order valence-electron chi connectivity index (χ3n) is 2.82. The van der Waals surface area contributed by atoms with Crippen molar-refractivity contribution in [1.82, 2.24) is 0 Å². The van der Waals surface area contributed by atoms with E-state index in [0.717, 1.165) is 5.56 Å². The molecule has 0 radical (unpaired) electrons. The molecule has 2 atom stereocenters. The SMILES string of the molecule is Cc1ccc(Cl)c(NC(=O)[C@@H]2C[C@@H]2C(=O)O)c1. The Balaban J connectivity index is 2.04. The van der Waals surface area contributed by atoms with Crippen LogP contribution in [0.5, 0.6) is 0 Å². The van der Waals surface area contributed by atoms with Gasteiger partial charge in [-0.25, -0.2) is 0 Å². The van der Waals surface area contributed by atoms with Gasteiger partial charge in [0.05, 0.1) is 22.5 Å². The van der Waals surface area contributed by atoms with Gasteiger partial charge in [0.15, 0.2) is 0 Å². The van der Waals surface area contributed by atoms with Gasteiger partial charge in [-0.2, -0.15) is 0 Å². The van der Waals surface area contributed by atoms with E-state index >= 15 is 0 Å². The zero-order chi connectivity index (χ0) is 12.6. The van der Waals surface area contributed by atoms with Crippen LogP contribution in [0.2, 0.25) is 5.02 Å². The molecule has 0 saturated heterocycles. The summed E-state index contributed by atoms with van der Waals surface area (Å²) in [5.41, 5.74) is 1.52. The fraction of sp³-hybridized carbons (Fsp3) is 0.333. The quantitative estimate of drug-likeness (QED) is 0.869. The lowest BCUT2D eigenvalue weighted by atomic mass is 10.2. The highest BCUT2D eigenvalue weighted by Gasteiger charge is 2.48. The molecule has 17 heavy (non-hydrogen) atoms. The number of amides is 1. The number of hydrogen-bond acceptors (Lipinski definition) is 2. The Morgan fingerprint density at radius 3 is 2.71 bits per heavy atom. The molecule has 0 bridgehead atoms. The number of hydrogen-bond donors (Lipinski definition) is 2. The standard InChI is InChI=1S/C12H12ClNO3/c1-6-2-3-9(13)10(4-6)14-11(15)7-5-8(7)12(16)17/h2-4,7-8H,5H2,1H3,(H,14,15)(H,16,17)/t7-,8+/m1/s1. The van der Waals surface area contributed by atoms with Gasteiger partial charge >= 0.3 is 5.97 Å². The number of benzene rings is 1. The number of carbonyl (C=O) groups is 2. The number of nitrogens with one attached hydrogen (secondary N) is 1. The normalized spacial score (nSPS) is 22.0. The third kappa shape index (κ3) is 2.58. The Hall–Kier alpha value is -1.55. The highest BCUT2D eigenvalue weighted by Crippen LogP contribution is 2.39. The second-order valence-corrected chi connectivity index (χ2v) is 4.67. The molecule has 2 N–H and O–H groups in total. The van der Waals surface area contributed by atoms with Gasteiger partial charge in [-0.15, -0.1) is 0 Å². The average molecular weight is 254 g/mol. The Morgan fingerprint density at radius 2 is 2.12 bits per heavy atom. The third-order valence-corrected chi connectivity index (χ3v) is 3.15. The van der Waals surface area contributed by atoms with Crippen LogP contribution >= 0.6 is 11.6 Å². The number of anilines is 1. The van der Waals surface area contributed by atoms with E-state index < -0.39 is 17.8 Å². The Morgan fingerprint density at radius 1 is 1.41 bits per heavy atom. The van der Waals surface area contributed by atoms with Gasteiger partial charge in [-0.1, -0.05) is 17.7 Å². The van der Waals surface area contributed by atoms with Crippen molar-refractivity contribution < 1.29 is 14.7 Å². The van der Waals surface area contributed by atoms with Gasteiger partial charge in [0.1, 0.15) is 0 Å². The van der Waals surface area contributed by atoms with E-state index in [4.69, 9.17) is 16.7 Å². The summed E-state index contributed by atoms with van der Waals surface area (Å²) in [6.45, 7) is 1.89. The summed E-state index contributed by atoms with van der Waals surface area (Å²) in [4.78, 5) is 22.4. The van der Waals surface area contributed by atoms with E-state index in [-0.39, 0.29) is 5.91 Å². The maximum absolute atomic E-state index is 11.7. The maximum atomic E-state index is 11.7. The molecule has 1 aliphatic carbocycles. The molecule has 1 saturated carbocycles. The highest BCUT2D eigenvalue weighted by molar-refractivity contribution is 6.33. The lowest BCUT2D eigenvalue weighted by molar-refractivity contribution is -0.139. The number of carboxylic acids is 1. The lowest BCUT2D eigenvalue weighted by Gasteiger charge is -2.07. The maximum Gasteiger partial charge on any atom is 0.307 e. The van der Waals surface area contributed by atoms with E-state index in [0.29, 0.717) is 17.1 Å². The summed E-state index contributed by atoms with van der Waals surface area (Å²) < 4.78 is 0. The first kappa shape index (κ1) is 11.9. The van der Waals surface area contributed by atoms with Gasteiger partial charge in [0.25, 0.3) is 0 Å². The van der Waals surface area contributed by atoms with Crippen molar-refractivity contribution in [3.63, 3.8) is 0 Å². The minimum atomic E-state index is -0.916. The molecular formula is C12H12ClNO3. The number of aryl methyl sites for hydroxylation is 1. The molecule has 1 aromatic carbocycles. The van der Waals surface area contributed by atoms with Crippen LogP contribution in [0, 0.1) is 18.8 Å². The number of rotatable bonds is 3. The van der Waals surface area contributed by atoms with Crippen molar-refractivity contribution in [3.8, 4) is 0 Å². The Bertz CT molecular complexity index is 487. The summed E-state index contributed by atoms with van der Waals surface area (Å²) >= 11 is 5.93. The summed E-state index contributed by atoms with van der Waals surface area (Å²) in [7, 11) is 0. The van der Waals surface area contributed by atoms with E-state index in [1.165, 1.54) is 0 Å². The van der Waals surface area contributed by atoms with Crippen LogP contribution in [0.25, 0.3) is 0 Å². The van der Waals surface area contributed by atoms with Gasteiger partial charge in [0.2, 0.25) is 5.91 Å². The number of halogens is 1. The van der Waals surface area contributed by atoms with E-state index in [1.54, 1.807) is 12.1 Å². The lowest BCUT2D eigenvalue weighted by Crippen LogP contribution is -2.17. The van der Waals surface area contributed by atoms with E-state index in [1.807, 2.05) is 13.0 Å². The topological polar surface area (TPSA) is 66.4 Å². The minimum absolute atomic E-state index is 0.273. The first-order valence-corrected chi connectivity index (χ1v) is 5.66. The van der Waals surface area contributed by atoms with Crippen molar-refractivity contribution >= 4 is 29.2 Å². The molecule has 0 aliphatic heterocycles. The van der Waals surface area contributed by atoms with Crippen LogP contribution < -0.4 is 5.32 Å². The summed E-state index contributed by atoms with van der Waals surface area (Å²) in [6, 6.07) is 5.31. The van der Waals surface area contributed by atoms with Crippen LogP contribution in [0.4, 0.5) is 5.69 Å². The largest absolute Gasteiger partial charge is 0.481 e. The second kappa shape index (κ2) is 4.37. The van der Waals surface area contributed by atoms with Crippen molar-refractivity contribution in [1.29, 1.82) is 0 Å². The first-order valence-electron chi connectivity index (χ1n) is 5.29. The molecule has 90 valence electrons. The highest BCUT2D eigenvalue weighted by atomic mass is 35.5. The minimum Gasteiger partial charge on any atom is -0.481 e. The molecule has 0 unspecified atom stereocenters. The monoisotopic (exact) mass is 253 g/mol. The van der Waals surface area contributed by atoms with Crippen LogP contribution in [0.1, 0.15) is 12.0 Å². The molecule has 1 aliphatic rings. The number of aliphatic carboxylic acids is 1. The summed E-state index contributed by atoms with van der Waals surface area (Å²) in [5, 5.41) is 11.8. The fourth-order valence-electron chi connectivity index (χ4n) is 1.72. The predicted octanol–water partition coefficient (Wildman–Crippen LogP) is 2.31. The van der Waals surface area contributed by atoms with Crippen molar-refractivity contribution in [2.24, 2.45) is 11.8 Å². The van der Waals surface area contributed by atoms with Crippen molar-refractivity contribution in [2.75, 3.05) is 5.32 Å². The van der Waals surface area contributed by atoms with Gasteiger partial charge in [0, 0.05) is 0 Å². The predicted molar refractivity (Wildman–Crippen MR) is 64.1 cm³/mol. The second-order valence-electron chi connectivity index (χ2n) is 4.26. The zero-order valence-electron chi connectivity index (χ0n) is 9.24. The summed E-state index contributed by atoms with van der Waals surface area (Å²) in [6.07, 6.45) is 0.407. The molecule has 0 heterocycles. The molecule has 1 amide bonds. The summed E-state index contributed by atoms with van der Waals surface area (Å²) in [5.74, 6) is -2.16. The molecule has 0 aromatic heterocycles. The number of carboxylic acid groups (broad SMARTS) is 1. The molecule has 1 fully saturated rings. The van der Waals surface area contributed by atoms with Crippen LogP contribution in [-0.4, -0.2) is 17.0 Å². The van der Waals surface area contributed by atoms with Crippen LogP contribution in [-0.2, 0) is 9.59 Å². The zero-order valence-corrected chi connectivity index (χ0v) is 9.99. The van der Waals surface area contributed by atoms with Crippen LogP contribution in [0.3, 0.4) is 0 Å². The first-order chi connectivity index (χ1) is 7.99. The molecule has 1 aromatic rings. The van der Waals surface area contributed by atoms with Gasteiger partial charge in [-0.05, 0) is 31.0 Å². The fourth-order valence-corrected chi connectivity index (χ4v) is 1.88. The molecule has 5 heteroatoms. The van der Waals surface area contributed by atoms with Crippen molar-refractivity contribution in [3.05, 3.63) is 28.8 Å². The van der Waals surface area contributed by atoms with Gasteiger partial charge < -0.3 is 10.4 Å². The Labute approximate surface area is 104 Å². The molecular weight excluding hydrogens is 242 g/mol. The van der Waals surface area contributed by atoms with Gasteiger partial charge in [-0.3, -0.25) is 9.59 Å². The van der Waals surface area contributed by atoms with Crippen molar-refractivity contribution in [2.45, 2.75) is 13.3 Å². The molecule has 4 nitrogen and oxygen atoms in total. The van der Waals surface area contributed by atoms with E-state index in [2.05, 4.69) is 5.32 Å².